The van der Waals surface area contributed by atoms with E-state index in [1.807, 2.05) is 0 Å². The number of alkyl halides is 6. The van der Waals surface area contributed by atoms with E-state index in [4.69, 9.17) is 11.6 Å². The van der Waals surface area contributed by atoms with Gasteiger partial charge in [0.05, 0.1) is 17.5 Å². The van der Waals surface area contributed by atoms with E-state index in [1.165, 1.54) is 11.9 Å². The molecule has 236 valence electrons. The van der Waals surface area contributed by atoms with Gasteiger partial charge in [0.25, 0.3) is 5.91 Å². The summed E-state index contributed by atoms with van der Waals surface area (Å²) in [5, 5.41) is 10.7. The first-order valence-corrected chi connectivity index (χ1v) is 14.1. The van der Waals surface area contributed by atoms with Gasteiger partial charge in [0.1, 0.15) is 11.0 Å². The third-order valence-electron chi connectivity index (χ3n) is 8.39. The summed E-state index contributed by atoms with van der Waals surface area (Å²) in [5.41, 5.74) is -5.85. The number of halogens is 7. The summed E-state index contributed by atoms with van der Waals surface area (Å²) < 4.78 is 81.2. The van der Waals surface area contributed by atoms with E-state index in [1.54, 1.807) is 26.2 Å². The summed E-state index contributed by atoms with van der Waals surface area (Å²) >= 11 is 6.25. The fraction of sp³-hybridized carbons (Fsp3) is 0.552. The molecule has 2 fully saturated rings. The normalized spacial score (nSPS) is 20.9. The van der Waals surface area contributed by atoms with Crippen molar-refractivity contribution in [3.63, 3.8) is 0 Å². The third-order valence-corrected chi connectivity index (χ3v) is 8.68. The molecule has 1 saturated carbocycles. The summed E-state index contributed by atoms with van der Waals surface area (Å²) in [6.07, 6.45) is -9.27. The van der Waals surface area contributed by atoms with Crippen LogP contribution in [0.5, 0.6) is 0 Å². The number of nitrogens with zero attached hydrogens (tertiary/aromatic N) is 4. The summed E-state index contributed by atoms with van der Waals surface area (Å²) in [4.78, 5) is 34.0. The highest BCUT2D eigenvalue weighted by Gasteiger charge is 2.57. The molecule has 1 N–H and O–H groups in total. The smallest absolute Gasteiger partial charge is 0.376 e. The fourth-order valence-corrected chi connectivity index (χ4v) is 5.97. The Morgan fingerprint density at radius 3 is 2.21 bits per heavy atom. The number of amides is 2. The van der Waals surface area contributed by atoms with Crippen molar-refractivity contribution in [2.75, 3.05) is 45.7 Å². The molecule has 2 heterocycles. The molecule has 1 aromatic carbocycles. The van der Waals surface area contributed by atoms with Gasteiger partial charge in [0.2, 0.25) is 5.91 Å². The van der Waals surface area contributed by atoms with Crippen LogP contribution >= 0.6 is 11.6 Å². The Morgan fingerprint density at radius 1 is 1.02 bits per heavy atom. The van der Waals surface area contributed by atoms with Crippen LogP contribution in [0, 0.1) is 17.8 Å². The number of benzene rings is 1. The number of aromatic nitrogens is 1. The van der Waals surface area contributed by atoms with Gasteiger partial charge in [-0.1, -0.05) is 23.7 Å². The number of carbonyl (C=O) groups is 2. The lowest BCUT2D eigenvalue weighted by Crippen LogP contribution is -2.47. The van der Waals surface area contributed by atoms with E-state index < -0.39 is 41.4 Å². The van der Waals surface area contributed by atoms with E-state index in [0.717, 1.165) is 36.3 Å². The van der Waals surface area contributed by atoms with Crippen LogP contribution in [0.1, 0.15) is 47.2 Å². The minimum atomic E-state index is -5.38. The second-order valence-corrected chi connectivity index (χ2v) is 11.9. The van der Waals surface area contributed by atoms with Gasteiger partial charge < -0.3 is 19.8 Å². The lowest BCUT2D eigenvalue weighted by molar-refractivity contribution is -0.268. The Kier molecular flexibility index (Phi) is 9.28. The molecule has 1 aromatic heterocycles. The third kappa shape index (κ3) is 7.19. The van der Waals surface area contributed by atoms with Crippen molar-refractivity contribution in [1.82, 2.24) is 14.8 Å². The van der Waals surface area contributed by atoms with Crippen molar-refractivity contribution in [1.29, 1.82) is 0 Å². The molecule has 4 rings (SSSR count). The average molecular weight is 635 g/mol. The van der Waals surface area contributed by atoms with Gasteiger partial charge >= 0.3 is 12.4 Å². The van der Waals surface area contributed by atoms with Crippen molar-refractivity contribution in [3.8, 4) is 0 Å². The summed E-state index contributed by atoms with van der Waals surface area (Å²) in [6.45, 7) is 1.57. The molecule has 2 amide bonds. The van der Waals surface area contributed by atoms with Crippen molar-refractivity contribution >= 4 is 29.2 Å². The van der Waals surface area contributed by atoms with Crippen LogP contribution in [-0.4, -0.2) is 78.7 Å². The average Bonchev–Trinajstić information content (AvgIpc) is 3.70. The molecule has 0 unspecified atom stereocenters. The van der Waals surface area contributed by atoms with Crippen molar-refractivity contribution in [2.24, 2.45) is 17.8 Å². The molecular weight excluding hydrogens is 602 g/mol. The van der Waals surface area contributed by atoms with Gasteiger partial charge in [0, 0.05) is 40.8 Å². The molecule has 1 aliphatic heterocycles. The maximum Gasteiger partial charge on any atom is 0.421 e. The SMILES string of the molecule is CN(C)C(=O)c1ccc(N2CCC([C@H]3C[C@H]3CN(C)C(=O)C[C@](O)(c3cccc(C(F)(F)F)c3)C(F)(F)F)CC2)nc1Cl. The maximum atomic E-state index is 14.0. The Balaban J connectivity index is 1.32. The highest BCUT2D eigenvalue weighted by atomic mass is 35.5. The van der Waals surface area contributed by atoms with E-state index in [2.05, 4.69) is 9.88 Å². The number of rotatable bonds is 8. The first-order valence-electron chi connectivity index (χ1n) is 13.8. The van der Waals surface area contributed by atoms with Gasteiger partial charge in [-0.25, -0.2) is 4.98 Å². The molecular formula is C29H33ClF6N4O3. The van der Waals surface area contributed by atoms with Crippen LogP contribution in [0.15, 0.2) is 36.4 Å². The zero-order valence-corrected chi connectivity index (χ0v) is 24.6. The van der Waals surface area contributed by atoms with Crippen LogP contribution in [0.4, 0.5) is 32.2 Å². The van der Waals surface area contributed by atoms with Crippen molar-refractivity contribution in [2.45, 2.75) is 43.6 Å². The second-order valence-electron chi connectivity index (χ2n) is 11.6. The first kappa shape index (κ1) is 32.8. The van der Waals surface area contributed by atoms with Gasteiger partial charge in [-0.2, -0.15) is 26.3 Å². The van der Waals surface area contributed by atoms with Crippen LogP contribution in [0.2, 0.25) is 5.15 Å². The zero-order valence-electron chi connectivity index (χ0n) is 23.8. The molecule has 0 bridgehead atoms. The number of piperidine rings is 1. The van der Waals surface area contributed by atoms with Crippen LogP contribution in [0.25, 0.3) is 0 Å². The van der Waals surface area contributed by atoms with Crippen LogP contribution in [-0.2, 0) is 16.6 Å². The molecule has 7 nitrogen and oxygen atoms in total. The quantitative estimate of drug-likeness (QED) is 0.302. The van der Waals surface area contributed by atoms with Crippen molar-refractivity contribution < 1.29 is 41.0 Å². The molecule has 0 spiro atoms. The number of hydrogen-bond acceptors (Lipinski definition) is 5. The van der Waals surface area contributed by atoms with E-state index >= 15 is 0 Å². The Morgan fingerprint density at radius 2 is 1.65 bits per heavy atom. The van der Waals surface area contributed by atoms with Crippen LogP contribution in [0.3, 0.4) is 0 Å². The summed E-state index contributed by atoms with van der Waals surface area (Å²) in [6, 6.07) is 5.74. The Labute approximate surface area is 250 Å². The van der Waals surface area contributed by atoms with E-state index in [9.17, 15) is 41.0 Å². The summed E-state index contributed by atoms with van der Waals surface area (Å²) in [7, 11) is 4.59. The molecule has 14 heteroatoms. The van der Waals surface area contributed by atoms with Gasteiger partial charge in [-0.15, -0.1) is 0 Å². The minimum Gasteiger partial charge on any atom is -0.376 e. The predicted molar refractivity (Wildman–Crippen MR) is 147 cm³/mol. The standard InChI is InChI=1S/C29H33ClF6N4O3/c1-38(2)26(42)21-7-8-23(37-25(21)30)40-11-9-17(10-12-40)22-13-18(22)16-39(3)24(41)15-27(43,29(34,35)36)19-5-4-6-20(14-19)28(31,32)33/h4-8,14,17-18,22,43H,9-13,15-16H2,1-3H3/t18-,22+,27-/m0/s1. The number of carbonyl (C=O) groups excluding carboxylic acids is 2. The van der Waals surface area contributed by atoms with Crippen LogP contribution < -0.4 is 4.90 Å². The Bertz CT molecular complexity index is 1350. The number of hydrogen-bond donors (Lipinski definition) is 1. The number of anilines is 1. The molecule has 2 aliphatic rings. The topological polar surface area (TPSA) is 77.0 Å². The highest BCUT2D eigenvalue weighted by molar-refractivity contribution is 6.32. The van der Waals surface area contributed by atoms with E-state index in [-0.39, 0.29) is 35.5 Å². The predicted octanol–water partition coefficient (Wildman–Crippen LogP) is 5.61. The monoisotopic (exact) mass is 634 g/mol. The first-order chi connectivity index (χ1) is 19.9. The molecule has 43 heavy (non-hydrogen) atoms. The minimum absolute atomic E-state index is 0.0712. The largest absolute Gasteiger partial charge is 0.421 e. The lowest BCUT2D eigenvalue weighted by Gasteiger charge is -2.34. The van der Waals surface area contributed by atoms with Crippen molar-refractivity contribution in [3.05, 3.63) is 58.2 Å². The lowest BCUT2D eigenvalue weighted by atomic mass is 9.88. The second kappa shape index (κ2) is 12.1. The summed E-state index contributed by atoms with van der Waals surface area (Å²) in [5.74, 6) is 0.0869. The molecule has 0 radical (unpaired) electrons. The van der Waals surface area contributed by atoms with E-state index in [0.29, 0.717) is 36.5 Å². The Hall–Kier alpha value is -3.06. The zero-order chi connectivity index (χ0) is 31.9. The number of pyridine rings is 1. The maximum absolute atomic E-state index is 14.0. The molecule has 1 saturated heterocycles. The molecule has 1 aliphatic carbocycles. The molecule has 2 aromatic rings. The molecule has 3 atom stereocenters. The van der Waals surface area contributed by atoms with Gasteiger partial charge in [-0.05, 0) is 66.8 Å². The fourth-order valence-electron chi connectivity index (χ4n) is 5.74. The number of aliphatic hydroxyl groups is 1. The highest BCUT2D eigenvalue weighted by Crippen LogP contribution is 2.49. The van der Waals surface area contributed by atoms with Gasteiger partial charge in [-0.3, -0.25) is 9.59 Å². The van der Waals surface area contributed by atoms with Gasteiger partial charge in [0.15, 0.2) is 5.60 Å².